The Balaban J connectivity index is 2.92. The van der Waals surface area contributed by atoms with E-state index in [0.29, 0.717) is 5.69 Å². The van der Waals surface area contributed by atoms with Gasteiger partial charge < -0.3 is 5.32 Å². The zero-order valence-corrected chi connectivity index (χ0v) is 8.09. The summed E-state index contributed by atoms with van der Waals surface area (Å²) in [5, 5.41) is 2.96. The van der Waals surface area contributed by atoms with E-state index in [2.05, 4.69) is 5.32 Å². The van der Waals surface area contributed by atoms with E-state index in [0.717, 1.165) is 12.1 Å². The molecule has 0 atom stereocenters. The third-order valence-electron chi connectivity index (χ3n) is 1.40. The first kappa shape index (κ1) is 10.5. The van der Waals surface area contributed by atoms with Gasteiger partial charge in [-0.2, -0.15) is 0 Å². The molecule has 0 aromatic heterocycles. The van der Waals surface area contributed by atoms with Gasteiger partial charge in [0, 0.05) is 6.54 Å². The van der Waals surface area contributed by atoms with Crippen molar-refractivity contribution in [1.82, 2.24) is 0 Å². The standard InChI is InChI=1S/C8H7Cl2F2N/c9-6-3-5(12)4-7(10)8(6)13-2-1-11/h3-4,13H,1-2H2. The van der Waals surface area contributed by atoms with Gasteiger partial charge in [-0.15, -0.1) is 0 Å². The maximum atomic E-state index is 12.7. The van der Waals surface area contributed by atoms with Crippen LogP contribution in [0.1, 0.15) is 0 Å². The van der Waals surface area contributed by atoms with Crippen LogP contribution in [0.2, 0.25) is 10.0 Å². The van der Waals surface area contributed by atoms with E-state index in [1.54, 1.807) is 0 Å². The number of halogens is 4. The van der Waals surface area contributed by atoms with Crippen molar-refractivity contribution in [2.45, 2.75) is 0 Å². The summed E-state index contributed by atoms with van der Waals surface area (Å²) in [7, 11) is 0. The van der Waals surface area contributed by atoms with Gasteiger partial charge in [-0.25, -0.2) is 8.78 Å². The van der Waals surface area contributed by atoms with Crippen LogP contribution in [0, 0.1) is 5.82 Å². The van der Waals surface area contributed by atoms with Gasteiger partial charge >= 0.3 is 0 Å². The van der Waals surface area contributed by atoms with Crippen LogP contribution in [-0.4, -0.2) is 13.2 Å². The molecule has 0 fully saturated rings. The third kappa shape index (κ3) is 2.71. The number of hydrogen-bond donors (Lipinski definition) is 1. The molecular weight excluding hydrogens is 219 g/mol. The highest BCUT2D eigenvalue weighted by Crippen LogP contribution is 2.30. The maximum absolute atomic E-state index is 12.7. The van der Waals surface area contributed by atoms with Gasteiger partial charge in [-0.1, -0.05) is 23.2 Å². The average Bonchev–Trinajstić information content (AvgIpc) is 2.02. The van der Waals surface area contributed by atoms with Crippen LogP contribution >= 0.6 is 23.2 Å². The summed E-state index contributed by atoms with van der Waals surface area (Å²) in [6.45, 7) is -0.435. The second kappa shape index (κ2) is 4.63. The topological polar surface area (TPSA) is 12.0 Å². The van der Waals surface area contributed by atoms with Gasteiger partial charge in [0.15, 0.2) is 0 Å². The molecule has 0 bridgehead atoms. The average molecular weight is 226 g/mol. The van der Waals surface area contributed by atoms with Crippen LogP contribution in [0.4, 0.5) is 14.5 Å². The second-order valence-corrected chi connectivity index (χ2v) is 3.17. The molecule has 0 saturated heterocycles. The Hall–Kier alpha value is -0.540. The zero-order chi connectivity index (χ0) is 9.84. The van der Waals surface area contributed by atoms with Gasteiger partial charge in [-0.3, -0.25) is 0 Å². The summed E-state index contributed by atoms with van der Waals surface area (Å²) >= 11 is 11.3. The molecule has 1 rings (SSSR count). The molecule has 0 amide bonds. The fraction of sp³-hybridized carbons (Fsp3) is 0.250. The van der Waals surface area contributed by atoms with Crippen LogP contribution in [0.15, 0.2) is 12.1 Å². The molecule has 0 aliphatic carbocycles. The number of anilines is 1. The highest BCUT2D eigenvalue weighted by atomic mass is 35.5. The van der Waals surface area contributed by atoms with Crippen molar-refractivity contribution >= 4 is 28.9 Å². The summed E-state index contributed by atoms with van der Waals surface area (Å²) in [4.78, 5) is 0. The number of alkyl halides is 1. The van der Waals surface area contributed by atoms with Crippen molar-refractivity contribution in [2.24, 2.45) is 0 Å². The second-order valence-electron chi connectivity index (χ2n) is 2.36. The predicted octanol–water partition coefficient (Wildman–Crippen LogP) is 3.51. The largest absolute Gasteiger partial charge is 0.380 e. The summed E-state index contributed by atoms with van der Waals surface area (Å²) in [5.41, 5.74) is 0.363. The summed E-state index contributed by atoms with van der Waals surface area (Å²) in [5.74, 6) is -0.513. The fourth-order valence-corrected chi connectivity index (χ4v) is 1.48. The van der Waals surface area contributed by atoms with Crippen molar-refractivity contribution in [3.63, 3.8) is 0 Å². The van der Waals surface area contributed by atoms with Gasteiger partial charge in [0.2, 0.25) is 0 Å². The molecule has 0 heterocycles. The summed E-state index contributed by atoms with van der Waals surface area (Å²) < 4.78 is 24.5. The van der Waals surface area contributed by atoms with Gasteiger partial charge in [0.25, 0.3) is 0 Å². The van der Waals surface area contributed by atoms with Crippen LogP contribution in [-0.2, 0) is 0 Å². The number of rotatable bonds is 3. The van der Waals surface area contributed by atoms with E-state index in [1.165, 1.54) is 0 Å². The highest BCUT2D eigenvalue weighted by molar-refractivity contribution is 6.39. The van der Waals surface area contributed by atoms with Crippen molar-refractivity contribution < 1.29 is 8.78 Å². The maximum Gasteiger partial charge on any atom is 0.126 e. The Kier molecular flexibility index (Phi) is 3.75. The molecule has 1 N–H and O–H groups in total. The van der Waals surface area contributed by atoms with E-state index in [-0.39, 0.29) is 16.6 Å². The minimum atomic E-state index is -0.538. The fourth-order valence-electron chi connectivity index (χ4n) is 0.883. The van der Waals surface area contributed by atoms with E-state index in [1.807, 2.05) is 0 Å². The predicted molar refractivity (Wildman–Crippen MR) is 50.9 cm³/mol. The molecule has 0 aliphatic rings. The Bertz CT molecular complexity index is 281. The lowest BCUT2D eigenvalue weighted by Crippen LogP contribution is -2.04. The van der Waals surface area contributed by atoms with Crippen LogP contribution in [0.25, 0.3) is 0 Å². The van der Waals surface area contributed by atoms with Crippen molar-refractivity contribution in [3.05, 3.63) is 28.0 Å². The Morgan fingerprint density at radius 2 is 1.77 bits per heavy atom. The Morgan fingerprint density at radius 1 is 1.23 bits per heavy atom. The first-order valence-corrected chi connectivity index (χ1v) is 4.35. The monoisotopic (exact) mass is 225 g/mol. The van der Waals surface area contributed by atoms with Gasteiger partial charge in [0.1, 0.15) is 12.5 Å². The molecule has 0 radical (unpaired) electrons. The normalized spacial score (nSPS) is 10.2. The number of benzene rings is 1. The van der Waals surface area contributed by atoms with Crippen LogP contribution < -0.4 is 5.32 Å². The minimum absolute atomic E-state index is 0.102. The lowest BCUT2D eigenvalue weighted by molar-refractivity contribution is 0.513. The minimum Gasteiger partial charge on any atom is -0.380 e. The number of hydrogen-bond acceptors (Lipinski definition) is 1. The van der Waals surface area contributed by atoms with E-state index < -0.39 is 12.5 Å². The Labute approximate surface area is 84.6 Å². The quantitative estimate of drug-likeness (QED) is 0.831. The van der Waals surface area contributed by atoms with E-state index in [9.17, 15) is 8.78 Å². The summed E-state index contributed by atoms with van der Waals surface area (Å²) in [6, 6.07) is 2.24. The molecule has 0 saturated carbocycles. The molecular formula is C8H7Cl2F2N. The molecule has 0 aliphatic heterocycles. The molecule has 72 valence electrons. The molecule has 5 heteroatoms. The van der Waals surface area contributed by atoms with E-state index in [4.69, 9.17) is 23.2 Å². The third-order valence-corrected chi connectivity index (χ3v) is 2.00. The first-order chi connectivity index (χ1) is 6.15. The molecule has 1 aromatic carbocycles. The number of nitrogens with one attached hydrogen (secondary N) is 1. The SMILES string of the molecule is FCCNc1c(Cl)cc(F)cc1Cl. The van der Waals surface area contributed by atoms with Crippen molar-refractivity contribution in [2.75, 3.05) is 18.5 Å². The van der Waals surface area contributed by atoms with Gasteiger partial charge in [0.05, 0.1) is 15.7 Å². The zero-order valence-electron chi connectivity index (χ0n) is 6.58. The van der Waals surface area contributed by atoms with E-state index >= 15 is 0 Å². The lowest BCUT2D eigenvalue weighted by atomic mass is 10.3. The van der Waals surface area contributed by atoms with Crippen LogP contribution in [0.3, 0.4) is 0 Å². The molecule has 0 spiro atoms. The first-order valence-electron chi connectivity index (χ1n) is 3.59. The highest BCUT2D eigenvalue weighted by Gasteiger charge is 2.07. The molecule has 0 unspecified atom stereocenters. The van der Waals surface area contributed by atoms with Crippen molar-refractivity contribution in [3.8, 4) is 0 Å². The summed E-state index contributed by atoms with van der Waals surface area (Å²) in [6.07, 6.45) is 0. The molecule has 1 nitrogen and oxygen atoms in total. The molecule has 1 aromatic rings. The molecule has 13 heavy (non-hydrogen) atoms. The lowest BCUT2D eigenvalue weighted by Gasteiger charge is -2.08. The Morgan fingerprint density at radius 3 is 2.23 bits per heavy atom. The smallest absolute Gasteiger partial charge is 0.126 e. The van der Waals surface area contributed by atoms with Crippen LogP contribution in [0.5, 0.6) is 0 Å². The van der Waals surface area contributed by atoms with Gasteiger partial charge in [-0.05, 0) is 12.1 Å². The van der Waals surface area contributed by atoms with Crippen molar-refractivity contribution in [1.29, 1.82) is 0 Å².